The fraction of sp³-hybridized carbons (Fsp3) is 0.143. The van der Waals surface area contributed by atoms with Crippen LogP contribution in [-0.4, -0.2) is 0 Å². The van der Waals surface area contributed by atoms with E-state index in [1.54, 1.807) is 6.07 Å². The molecule has 1 aromatic carbocycles. The van der Waals surface area contributed by atoms with Crippen molar-refractivity contribution in [2.24, 2.45) is 0 Å². The number of benzene rings is 1. The zero-order valence-corrected chi connectivity index (χ0v) is 4.70. The van der Waals surface area contributed by atoms with Crippen molar-refractivity contribution in [1.29, 1.82) is 0 Å². The van der Waals surface area contributed by atoms with E-state index >= 15 is 0 Å². The molecule has 0 atom stereocenters. The minimum absolute atomic E-state index is 0.0671. The monoisotopic (exact) mass is 127 g/mol. The summed E-state index contributed by atoms with van der Waals surface area (Å²) in [5.74, 6) is -0.597. The third-order valence-corrected chi connectivity index (χ3v) is 1.03. The van der Waals surface area contributed by atoms with Crippen molar-refractivity contribution in [1.82, 2.24) is 0 Å². The SMILES string of the molecule is FCc1ccc[c]c1F. The molecular formula is C7H5F2. The van der Waals surface area contributed by atoms with Crippen molar-refractivity contribution in [3.63, 3.8) is 0 Å². The second-order valence-corrected chi connectivity index (χ2v) is 1.64. The van der Waals surface area contributed by atoms with Crippen molar-refractivity contribution in [3.8, 4) is 0 Å². The first kappa shape index (κ1) is 6.20. The van der Waals surface area contributed by atoms with Crippen molar-refractivity contribution >= 4 is 0 Å². The summed E-state index contributed by atoms with van der Waals surface area (Å²) in [6.45, 7) is -0.761. The highest BCUT2D eigenvalue weighted by Crippen LogP contribution is 2.05. The number of hydrogen-bond donors (Lipinski definition) is 0. The molecule has 0 saturated heterocycles. The fourth-order valence-electron chi connectivity index (χ4n) is 0.555. The molecule has 0 aromatic heterocycles. The highest BCUT2D eigenvalue weighted by atomic mass is 19.1. The second-order valence-electron chi connectivity index (χ2n) is 1.64. The smallest absolute Gasteiger partial charge is 0.136 e. The molecule has 1 aromatic rings. The molecule has 0 N–H and O–H groups in total. The molecule has 1 radical (unpaired) electrons. The van der Waals surface area contributed by atoms with Gasteiger partial charge in [-0.3, -0.25) is 0 Å². The summed E-state index contributed by atoms with van der Waals surface area (Å²) in [4.78, 5) is 0. The van der Waals surface area contributed by atoms with Crippen molar-refractivity contribution < 1.29 is 8.78 Å². The van der Waals surface area contributed by atoms with E-state index in [9.17, 15) is 8.78 Å². The zero-order valence-electron chi connectivity index (χ0n) is 4.70. The van der Waals surface area contributed by atoms with E-state index in [0.29, 0.717) is 0 Å². The van der Waals surface area contributed by atoms with E-state index in [-0.39, 0.29) is 5.56 Å². The summed E-state index contributed by atoms with van der Waals surface area (Å²) in [6.07, 6.45) is 0. The van der Waals surface area contributed by atoms with Gasteiger partial charge in [-0.2, -0.15) is 0 Å². The molecule has 9 heavy (non-hydrogen) atoms. The molecule has 0 nitrogen and oxygen atoms in total. The Hall–Kier alpha value is -0.920. The highest BCUT2D eigenvalue weighted by Gasteiger charge is 1.96. The van der Waals surface area contributed by atoms with Crippen molar-refractivity contribution in [2.75, 3.05) is 0 Å². The number of hydrogen-bond acceptors (Lipinski definition) is 0. The maximum Gasteiger partial charge on any atom is 0.136 e. The van der Waals surface area contributed by atoms with Crippen LogP contribution >= 0.6 is 0 Å². The van der Waals surface area contributed by atoms with Gasteiger partial charge < -0.3 is 0 Å². The van der Waals surface area contributed by atoms with Crippen LogP contribution in [-0.2, 0) is 6.67 Å². The van der Waals surface area contributed by atoms with E-state index in [0.717, 1.165) is 0 Å². The normalized spacial score (nSPS) is 9.56. The van der Waals surface area contributed by atoms with Crippen LogP contribution in [0, 0.1) is 11.9 Å². The van der Waals surface area contributed by atoms with Gasteiger partial charge in [-0.15, -0.1) is 0 Å². The quantitative estimate of drug-likeness (QED) is 0.541. The van der Waals surface area contributed by atoms with Gasteiger partial charge in [-0.05, 0) is 0 Å². The van der Waals surface area contributed by atoms with Gasteiger partial charge in [0.1, 0.15) is 12.5 Å². The van der Waals surface area contributed by atoms with Crippen molar-refractivity contribution in [3.05, 3.63) is 35.6 Å². The highest BCUT2D eigenvalue weighted by molar-refractivity contribution is 5.14. The van der Waals surface area contributed by atoms with Crippen LogP contribution in [0.2, 0.25) is 0 Å². The lowest BCUT2D eigenvalue weighted by Gasteiger charge is -1.92. The number of halogens is 2. The van der Waals surface area contributed by atoms with E-state index in [2.05, 4.69) is 6.07 Å². The standard InChI is InChI=1S/C7H5F2/c8-5-6-3-1-2-4-7(6)9/h1-3H,5H2. The molecule has 0 amide bonds. The Bertz CT molecular complexity index is 196. The van der Waals surface area contributed by atoms with Gasteiger partial charge >= 0.3 is 0 Å². The Labute approximate surface area is 52.1 Å². The minimum Gasteiger partial charge on any atom is -0.246 e. The summed E-state index contributed by atoms with van der Waals surface area (Å²) >= 11 is 0. The maximum absolute atomic E-state index is 12.3. The lowest BCUT2D eigenvalue weighted by Crippen LogP contribution is -1.83. The average molecular weight is 127 g/mol. The first-order valence-corrected chi connectivity index (χ1v) is 2.55. The Balaban J connectivity index is 3.01. The molecule has 0 saturated carbocycles. The maximum atomic E-state index is 12.3. The van der Waals surface area contributed by atoms with Crippen molar-refractivity contribution in [2.45, 2.75) is 6.67 Å². The molecule has 47 valence electrons. The lowest BCUT2D eigenvalue weighted by atomic mass is 10.2. The first-order valence-electron chi connectivity index (χ1n) is 2.55. The molecule has 0 aliphatic carbocycles. The predicted molar refractivity (Wildman–Crippen MR) is 30.0 cm³/mol. The van der Waals surface area contributed by atoms with Crippen LogP contribution < -0.4 is 0 Å². The molecule has 0 fully saturated rings. The molecule has 0 heterocycles. The molecule has 0 aliphatic rings. The van der Waals surface area contributed by atoms with Gasteiger partial charge in [-0.1, -0.05) is 18.2 Å². The third-order valence-electron chi connectivity index (χ3n) is 1.03. The Kier molecular flexibility index (Phi) is 1.78. The number of alkyl halides is 1. The van der Waals surface area contributed by atoms with Crippen LogP contribution in [0.4, 0.5) is 8.78 Å². The Morgan fingerprint density at radius 1 is 1.56 bits per heavy atom. The molecule has 1 rings (SSSR count). The van der Waals surface area contributed by atoms with Crippen LogP contribution in [0.5, 0.6) is 0 Å². The lowest BCUT2D eigenvalue weighted by molar-refractivity contribution is 0.463. The van der Waals surface area contributed by atoms with E-state index in [1.165, 1.54) is 12.1 Å². The topological polar surface area (TPSA) is 0 Å². The van der Waals surface area contributed by atoms with Crippen LogP contribution in [0.1, 0.15) is 5.56 Å². The number of rotatable bonds is 1. The van der Waals surface area contributed by atoms with Crippen LogP contribution in [0.15, 0.2) is 18.2 Å². The molecule has 0 bridgehead atoms. The summed E-state index contributed by atoms with van der Waals surface area (Å²) in [6, 6.07) is 6.60. The summed E-state index contributed by atoms with van der Waals surface area (Å²) in [5.41, 5.74) is 0.0671. The van der Waals surface area contributed by atoms with Gasteiger partial charge in [0.25, 0.3) is 0 Å². The zero-order chi connectivity index (χ0) is 6.69. The average Bonchev–Trinajstić information content (AvgIpc) is 1.89. The Morgan fingerprint density at radius 2 is 2.33 bits per heavy atom. The van der Waals surface area contributed by atoms with Crippen LogP contribution in [0.3, 0.4) is 0 Å². The van der Waals surface area contributed by atoms with Gasteiger partial charge in [0.2, 0.25) is 0 Å². The van der Waals surface area contributed by atoms with E-state index in [1.807, 2.05) is 0 Å². The third kappa shape index (κ3) is 1.25. The van der Waals surface area contributed by atoms with Gasteiger partial charge in [0, 0.05) is 11.6 Å². The largest absolute Gasteiger partial charge is 0.246 e. The predicted octanol–water partition coefficient (Wildman–Crippen LogP) is 2.10. The molecule has 0 unspecified atom stereocenters. The summed E-state index contributed by atoms with van der Waals surface area (Å²) < 4.78 is 24.0. The molecule has 0 aliphatic heterocycles. The molecule has 0 spiro atoms. The Morgan fingerprint density at radius 3 is 2.78 bits per heavy atom. The van der Waals surface area contributed by atoms with E-state index in [4.69, 9.17) is 0 Å². The molecule has 2 heteroatoms. The first-order chi connectivity index (χ1) is 4.34. The summed E-state index contributed by atoms with van der Waals surface area (Å²) in [7, 11) is 0. The minimum atomic E-state index is -0.761. The van der Waals surface area contributed by atoms with E-state index < -0.39 is 12.5 Å². The second kappa shape index (κ2) is 2.58. The van der Waals surface area contributed by atoms with Gasteiger partial charge in [-0.25, -0.2) is 8.78 Å². The summed E-state index contributed by atoms with van der Waals surface area (Å²) in [5, 5.41) is 0. The van der Waals surface area contributed by atoms with Crippen LogP contribution in [0.25, 0.3) is 0 Å². The van der Waals surface area contributed by atoms with Gasteiger partial charge in [0.15, 0.2) is 0 Å². The fourth-order valence-corrected chi connectivity index (χ4v) is 0.555. The molecular weight excluding hydrogens is 122 g/mol. The van der Waals surface area contributed by atoms with Gasteiger partial charge in [0.05, 0.1) is 0 Å².